The monoisotopic (exact) mass is 716 g/mol. The maximum absolute atomic E-state index is 6.13. The molecule has 1 fully saturated rings. The van der Waals surface area contributed by atoms with E-state index in [0.717, 1.165) is 33.4 Å². The van der Waals surface area contributed by atoms with E-state index < -0.39 is 0 Å². The van der Waals surface area contributed by atoms with Gasteiger partial charge in [0.05, 0.1) is 0 Å². The molecule has 0 saturated heterocycles. The molecular weight excluding hydrogens is 685 g/mol. The van der Waals surface area contributed by atoms with Gasteiger partial charge in [-0.25, -0.2) is 21.1 Å². The number of benzene rings is 3. The number of ether oxygens (including phenoxy) is 1. The minimum atomic E-state index is 0. The molecule has 0 radical (unpaired) electrons. The van der Waals surface area contributed by atoms with Crippen molar-refractivity contribution in [2.75, 3.05) is 0 Å². The van der Waals surface area contributed by atoms with E-state index in [1.165, 1.54) is 42.2 Å². The Morgan fingerprint density at radius 3 is 2.46 bits per heavy atom. The Labute approximate surface area is 255 Å². The zero-order chi connectivity index (χ0) is 27.1. The predicted octanol–water partition coefficient (Wildman–Crippen LogP) is 9.41. The molecule has 41 heavy (non-hydrogen) atoms. The van der Waals surface area contributed by atoms with Crippen molar-refractivity contribution in [2.45, 2.75) is 51.4 Å². The molecule has 1 aliphatic carbocycles. The topological polar surface area (TPSA) is 39.9 Å². The van der Waals surface area contributed by atoms with Gasteiger partial charge in [0.2, 0.25) is 5.88 Å². The summed E-state index contributed by atoms with van der Waals surface area (Å²) in [4.78, 5) is 9.25. The molecule has 0 spiro atoms. The van der Waals surface area contributed by atoms with Gasteiger partial charge in [0, 0.05) is 29.7 Å². The number of hydrogen-bond donors (Lipinski definition) is 0. The maximum atomic E-state index is 6.13. The van der Waals surface area contributed by atoms with Crippen molar-refractivity contribution < 1.29 is 25.8 Å². The Kier molecular flexibility index (Phi) is 7.77. The van der Waals surface area contributed by atoms with Crippen molar-refractivity contribution in [3.63, 3.8) is 0 Å². The zero-order valence-corrected chi connectivity index (χ0v) is 25.5. The molecule has 3 aromatic carbocycles. The quantitative estimate of drug-likeness (QED) is 0.161. The average Bonchev–Trinajstić information content (AvgIpc) is 3.64. The molecule has 3 heterocycles. The van der Waals surface area contributed by atoms with Crippen molar-refractivity contribution in [3.8, 4) is 28.6 Å². The Bertz CT molecular complexity index is 1830. The fraction of sp³-hybridized carbons (Fsp3) is 0.222. The number of rotatable bonds is 6. The van der Waals surface area contributed by atoms with Crippen molar-refractivity contribution >= 4 is 21.8 Å². The van der Waals surface area contributed by atoms with Crippen LogP contribution >= 0.6 is 0 Å². The summed E-state index contributed by atoms with van der Waals surface area (Å²) >= 11 is 0. The third-order valence-corrected chi connectivity index (χ3v) is 8.11. The van der Waals surface area contributed by atoms with E-state index in [2.05, 4.69) is 90.1 Å². The summed E-state index contributed by atoms with van der Waals surface area (Å²) in [5.41, 5.74) is 6.61. The largest absolute Gasteiger partial charge is 2.00 e. The van der Waals surface area contributed by atoms with Crippen LogP contribution in [0.25, 0.3) is 38.8 Å². The summed E-state index contributed by atoms with van der Waals surface area (Å²) in [6.07, 6.45) is 8.91. The van der Waals surface area contributed by atoms with E-state index in [9.17, 15) is 0 Å². The Morgan fingerprint density at radius 2 is 1.61 bits per heavy atom. The molecule has 206 valence electrons. The first-order valence-electron chi connectivity index (χ1n) is 14.2. The number of hydrogen-bond acceptors (Lipinski definition) is 3. The van der Waals surface area contributed by atoms with Crippen LogP contribution in [0.15, 0.2) is 91.3 Å². The first-order chi connectivity index (χ1) is 19.6. The van der Waals surface area contributed by atoms with Gasteiger partial charge in [-0.05, 0) is 71.0 Å². The smallest absolute Gasteiger partial charge is 0.460 e. The van der Waals surface area contributed by atoms with Gasteiger partial charge < -0.3 is 9.30 Å². The first-order valence-corrected chi connectivity index (χ1v) is 14.2. The first kappa shape index (κ1) is 27.4. The van der Waals surface area contributed by atoms with Gasteiger partial charge in [-0.1, -0.05) is 50.3 Å². The van der Waals surface area contributed by atoms with Crippen molar-refractivity contribution in [3.05, 3.63) is 115 Å². The summed E-state index contributed by atoms with van der Waals surface area (Å²) in [5, 5.41) is 2.36. The second-order valence-electron chi connectivity index (χ2n) is 11.0. The van der Waals surface area contributed by atoms with E-state index in [1.54, 1.807) is 6.20 Å². The van der Waals surface area contributed by atoms with Crippen molar-refractivity contribution in [1.82, 2.24) is 14.5 Å². The van der Waals surface area contributed by atoms with Crippen LogP contribution in [0.4, 0.5) is 0 Å². The predicted molar refractivity (Wildman–Crippen MR) is 161 cm³/mol. The maximum Gasteiger partial charge on any atom is 2.00 e. The minimum absolute atomic E-state index is 0. The molecule has 7 rings (SSSR count). The van der Waals surface area contributed by atoms with Crippen LogP contribution in [0.5, 0.6) is 11.6 Å². The molecule has 6 aromatic rings. The molecule has 3 aromatic heterocycles. The normalized spacial score (nSPS) is 13.6. The number of para-hydroxylation sites is 1. The summed E-state index contributed by atoms with van der Waals surface area (Å²) in [6.45, 7) is 4.33. The molecule has 0 aliphatic heterocycles. The summed E-state index contributed by atoms with van der Waals surface area (Å²) < 4.78 is 8.38. The Balaban J connectivity index is 0.00000302. The molecule has 0 N–H and O–H groups in total. The van der Waals surface area contributed by atoms with Gasteiger partial charge in [-0.3, -0.25) is 0 Å². The fourth-order valence-electron chi connectivity index (χ4n) is 5.97. The number of aromatic nitrogens is 3. The minimum Gasteiger partial charge on any atom is -0.460 e. The van der Waals surface area contributed by atoms with Crippen LogP contribution in [-0.2, 0) is 21.1 Å². The molecule has 4 nitrogen and oxygen atoms in total. The van der Waals surface area contributed by atoms with Crippen molar-refractivity contribution in [1.29, 1.82) is 0 Å². The Hall–Kier alpha value is -3.75. The molecule has 0 bridgehead atoms. The molecule has 1 saturated carbocycles. The van der Waals surface area contributed by atoms with E-state index in [4.69, 9.17) is 9.72 Å². The second-order valence-corrected chi connectivity index (χ2v) is 11.0. The standard InChI is InChI=1S/C36H31N3O.Pt/c1-24(2)26-16-19-38-36(23-26)40-30-11-7-10-27(20-30)28-14-15-32-31-12-5-6-13-33(31)39(34(32)21-28)35-22-29(17-18-37-35)25-8-3-4-9-25;/h5-7,10-19,22-25H,3-4,8-9H2,1-2H3;/q-2;+2. The van der Waals surface area contributed by atoms with Crippen LogP contribution in [0.2, 0.25) is 0 Å². The Morgan fingerprint density at radius 1 is 0.805 bits per heavy atom. The van der Waals surface area contributed by atoms with Gasteiger partial charge in [0.1, 0.15) is 5.82 Å². The van der Waals surface area contributed by atoms with Crippen LogP contribution in [-0.4, -0.2) is 14.5 Å². The van der Waals surface area contributed by atoms with Crippen LogP contribution < -0.4 is 4.74 Å². The van der Waals surface area contributed by atoms with E-state index in [0.29, 0.717) is 23.5 Å². The molecule has 5 heteroatoms. The van der Waals surface area contributed by atoms with E-state index in [-0.39, 0.29) is 21.1 Å². The summed E-state index contributed by atoms with van der Waals surface area (Å²) in [7, 11) is 0. The van der Waals surface area contributed by atoms with Gasteiger partial charge in [0.15, 0.2) is 0 Å². The van der Waals surface area contributed by atoms with Crippen LogP contribution in [0.3, 0.4) is 0 Å². The van der Waals surface area contributed by atoms with Gasteiger partial charge in [0.25, 0.3) is 0 Å². The van der Waals surface area contributed by atoms with Crippen LogP contribution in [0.1, 0.15) is 62.5 Å². The van der Waals surface area contributed by atoms with Gasteiger partial charge in [-0.15, -0.1) is 18.2 Å². The van der Waals surface area contributed by atoms with Crippen molar-refractivity contribution in [2.24, 2.45) is 0 Å². The SMILES string of the molecule is CC(C)c1ccnc(Oc2[c-]c(-c3[c-]c4c(cc3)c3ccccc3n4-c3cc(C4CCCC4)ccn3)ccc2)c1.[Pt+2]. The number of fused-ring (bicyclic) bond motifs is 3. The number of pyridine rings is 2. The second kappa shape index (κ2) is 11.6. The fourth-order valence-corrected chi connectivity index (χ4v) is 5.97. The number of nitrogens with zero attached hydrogens (tertiary/aromatic N) is 3. The van der Waals surface area contributed by atoms with Gasteiger partial charge >= 0.3 is 21.1 Å². The van der Waals surface area contributed by atoms with Crippen LogP contribution in [0, 0.1) is 12.1 Å². The zero-order valence-electron chi connectivity index (χ0n) is 23.2. The van der Waals surface area contributed by atoms with E-state index in [1.807, 2.05) is 30.5 Å². The third kappa shape index (κ3) is 5.34. The van der Waals surface area contributed by atoms with E-state index >= 15 is 0 Å². The molecule has 0 atom stereocenters. The molecule has 1 aliphatic rings. The summed E-state index contributed by atoms with van der Waals surface area (Å²) in [5.74, 6) is 3.18. The van der Waals surface area contributed by atoms with Gasteiger partial charge in [-0.2, -0.15) is 24.3 Å². The molecule has 0 amide bonds. The molecular formula is C36H31N3OPt. The molecule has 0 unspecified atom stereocenters. The third-order valence-electron chi connectivity index (χ3n) is 8.11. The summed E-state index contributed by atoms with van der Waals surface area (Å²) in [6, 6.07) is 34.5. The average molecular weight is 717 g/mol.